The quantitative estimate of drug-likeness (QED) is 0.618. The van der Waals surface area contributed by atoms with Crippen molar-refractivity contribution in [1.29, 1.82) is 0 Å². The van der Waals surface area contributed by atoms with Crippen molar-refractivity contribution in [3.63, 3.8) is 0 Å². The van der Waals surface area contributed by atoms with Gasteiger partial charge in [0, 0.05) is 18.5 Å². The monoisotopic (exact) mass is 416 g/mol. The van der Waals surface area contributed by atoms with Crippen LogP contribution in [0.15, 0.2) is 40.9 Å². The van der Waals surface area contributed by atoms with E-state index >= 15 is 0 Å². The number of aryl methyl sites for hydroxylation is 1. The molecule has 0 radical (unpaired) electrons. The lowest BCUT2D eigenvalue weighted by molar-refractivity contribution is -0.113. The predicted molar refractivity (Wildman–Crippen MR) is 111 cm³/mol. The van der Waals surface area contributed by atoms with Crippen LogP contribution in [0.5, 0.6) is 0 Å². The Balaban J connectivity index is 1.53. The molecule has 0 atom stereocenters. The van der Waals surface area contributed by atoms with E-state index in [1.165, 1.54) is 23.1 Å². The lowest BCUT2D eigenvalue weighted by atomic mass is 10.3. The molecular weight excluding hydrogens is 396 g/mol. The average molecular weight is 417 g/mol. The van der Waals surface area contributed by atoms with E-state index in [1.54, 1.807) is 0 Å². The molecule has 8 nitrogen and oxygen atoms in total. The van der Waals surface area contributed by atoms with Crippen molar-refractivity contribution in [3.8, 4) is 5.69 Å². The van der Waals surface area contributed by atoms with E-state index in [4.69, 9.17) is 4.74 Å². The first kappa shape index (κ1) is 18.9. The van der Waals surface area contributed by atoms with Gasteiger partial charge in [-0.25, -0.2) is 4.98 Å². The zero-order valence-corrected chi connectivity index (χ0v) is 17.0. The molecule has 1 fully saturated rings. The summed E-state index contributed by atoms with van der Waals surface area (Å²) in [5, 5.41) is 14.8. The van der Waals surface area contributed by atoms with Crippen molar-refractivity contribution < 1.29 is 9.53 Å². The Labute approximate surface area is 170 Å². The smallest absolute Gasteiger partial charge is 0.236 e. The van der Waals surface area contributed by atoms with Crippen LogP contribution in [0, 0.1) is 6.92 Å². The largest absolute Gasteiger partial charge is 0.378 e. The minimum Gasteiger partial charge on any atom is -0.378 e. The SMILES string of the molecule is Cc1csc(NC(=O)CSc2nnc(N3CCOCC3)n2-c2ccccc2)n1. The number of thiazole rings is 1. The molecule has 1 aliphatic heterocycles. The number of para-hydroxylation sites is 1. The van der Waals surface area contributed by atoms with Crippen LogP contribution in [-0.4, -0.2) is 57.7 Å². The molecule has 0 saturated carbocycles. The Bertz CT molecular complexity index is 937. The number of carbonyl (C=O) groups excluding carboxylic acids is 1. The molecule has 0 unspecified atom stereocenters. The predicted octanol–water partition coefficient (Wildman–Crippen LogP) is 2.60. The van der Waals surface area contributed by atoms with E-state index in [0.29, 0.717) is 23.5 Å². The second-order valence-electron chi connectivity index (χ2n) is 6.18. The number of amides is 1. The summed E-state index contributed by atoms with van der Waals surface area (Å²) >= 11 is 2.78. The fraction of sp³-hybridized carbons (Fsp3) is 0.333. The van der Waals surface area contributed by atoms with Gasteiger partial charge >= 0.3 is 0 Å². The van der Waals surface area contributed by atoms with Gasteiger partial charge in [-0.2, -0.15) is 0 Å². The molecule has 4 rings (SSSR count). The van der Waals surface area contributed by atoms with Crippen molar-refractivity contribution >= 4 is 40.1 Å². The molecule has 1 amide bonds. The molecular formula is C18H20N6O2S2. The van der Waals surface area contributed by atoms with Crippen molar-refractivity contribution in [2.75, 3.05) is 42.3 Å². The average Bonchev–Trinajstić information content (AvgIpc) is 3.33. The summed E-state index contributed by atoms with van der Waals surface area (Å²) in [4.78, 5) is 18.7. The Morgan fingerprint density at radius 1 is 1.25 bits per heavy atom. The number of morpholine rings is 1. The highest BCUT2D eigenvalue weighted by atomic mass is 32.2. The standard InChI is InChI=1S/C18H20N6O2S2/c1-13-11-27-16(19-13)20-15(25)12-28-18-22-21-17(23-7-9-26-10-8-23)24(18)14-5-3-2-4-6-14/h2-6,11H,7-10,12H2,1H3,(H,19,20,25). The van der Waals surface area contributed by atoms with Gasteiger partial charge in [0.05, 0.1) is 30.3 Å². The summed E-state index contributed by atoms with van der Waals surface area (Å²) in [6.07, 6.45) is 0. The summed E-state index contributed by atoms with van der Waals surface area (Å²) in [5.41, 5.74) is 1.86. The van der Waals surface area contributed by atoms with Gasteiger partial charge in [0.25, 0.3) is 0 Å². The van der Waals surface area contributed by atoms with E-state index < -0.39 is 0 Å². The van der Waals surface area contributed by atoms with E-state index in [9.17, 15) is 4.79 Å². The fourth-order valence-corrected chi connectivity index (χ4v) is 4.28. The maximum Gasteiger partial charge on any atom is 0.236 e. The maximum absolute atomic E-state index is 12.3. The van der Waals surface area contributed by atoms with Gasteiger partial charge < -0.3 is 15.0 Å². The number of anilines is 2. The minimum absolute atomic E-state index is 0.116. The molecule has 0 aliphatic carbocycles. The second kappa shape index (κ2) is 8.72. The number of benzene rings is 1. The molecule has 146 valence electrons. The zero-order valence-electron chi connectivity index (χ0n) is 15.4. The zero-order chi connectivity index (χ0) is 19.3. The van der Waals surface area contributed by atoms with E-state index in [1.807, 2.05) is 47.2 Å². The number of thioether (sulfide) groups is 1. The summed E-state index contributed by atoms with van der Waals surface area (Å²) in [6.45, 7) is 4.76. The molecule has 1 saturated heterocycles. The van der Waals surface area contributed by atoms with E-state index in [0.717, 1.165) is 30.4 Å². The van der Waals surface area contributed by atoms with Gasteiger partial charge in [-0.05, 0) is 19.1 Å². The number of carbonyl (C=O) groups is 1. The third kappa shape index (κ3) is 4.34. The Morgan fingerprint density at radius 2 is 2.04 bits per heavy atom. The number of hydrogen-bond acceptors (Lipinski definition) is 8. The highest BCUT2D eigenvalue weighted by Gasteiger charge is 2.22. The molecule has 2 aromatic heterocycles. The lowest BCUT2D eigenvalue weighted by Crippen LogP contribution is -2.37. The highest BCUT2D eigenvalue weighted by molar-refractivity contribution is 7.99. The van der Waals surface area contributed by atoms with Crippen LogP contribution in [-0.2, 0) is 9.53 Å². The van der Waals surface area contributed by atoms with Crippen LogP contribution in [0.2, 0.25) is 0 Å². The number of hydrogen-bond donors (Lipinski definition) is 1. The molecule has 0 spiro atoms. The Morgan fingerprint density at radius 3 is 2.75 bits per heavy atom. The number of nitrogens with zero attached hydrogens (tertiary/aromatic N) is 5. The Kier molecular flexibility index (Phi) is 5.89. The van der Waals surface area contributed by atoms with Crippen molar-refractivity contribution in [3.05, 3.63) is 41.4 Å². The number of rotatable bonds is 6. The molecule has 1 aliphatic rings. The first-order chi connectivity index (χ1) is 13.7. The van der Waals surface area contributed by atoms with Gasteiger partial charge in [0.2, 0.25) is 11.9 Å². The second-order valence-corrected chi connectivity index (χ2v) is 7.98. The third-order valence-corrected chi connectivity index (χ3v) is 5.93. The molecule has 3 heterocycles. The van der Waals surface area contributed by atoms with Crippen LogP contribution >= 0.6 is 23.1 Å². The topological polar surface area (TPSA) is 85.2 Å². The van der Waals surface area contributed by atoms with Crippen LogP contribution in [0.1, 0.15) is 5.69 Å². The molecule has 0 bridgehead atoms. The summed E-state index contributed by atoms with van der Waals surface area (Å²) in [7, 11) is 0. The first-order valence-corrected chi connectivity index (χ1v) is 10.8. The molecule has 1 aromatic carbocycles. The van der Waals surface area contributed by atoms with Gasteiger partial charge in [-0.1, -0.05) is 30.0 Å². The van der Waals surface area contributed by atoms with E-state index in [2.05, 4.69) is 25.4 Å². The van der Waals surface area contributed by atoms with Crippen LogP contribution in [0.4, 0.5) is 11.1 Å². The Hall–Kier alpha value is -2.43. The van der Waals surface area contributed by atoms with Crippen LogP contribution in [0.3, 0.4) is 0 Å². The summed E-state index contributed by atoms with van der Waals surface area (Å²) in [5.74, 6) is 0.884. The van der Waals surface area contributed by atoms with Crippen LogP contribution in [0.25, 0.3) is 5.69 Å². The maximum atomic E-state index is 12.3. The number of ether oxygens (including phenoxy) is 1. The van der Waals surface area contributed by atoms with Gasteiger partial charge in [0.1, 0.15) is 0 Å². The number of aromatic nitrogens is 4. The van der Waals surface area contributed by atoms with E-state index in [-0.39, 0.29) is 11.7 Å². The minimum atomic E-state index is -0.116. The molecule has 28 heavy (non-hydrogen) atoms. The van der Waals surface area contributed by atoms with Gasteiger partial charge in [-0.15, -0.1) is 21.5 Å². The summed E-state index contributed by atoms with van der Waals surface area (Å²) in [6, 6.07) is 9.94. The summed E-state index contributed by atoms with van der Waals surface area (Å²) < 4.78 is 7.45. The van der Waals surface area contributed by atoms with Crippen molar-refractivity contribution in [1.82, 2.24) is 19.7 Å². The van der Waals surface area contributed by atoms with Crippen molar-refractivity contribution in [2.24, 2.45) is 0 Å². The molecule has 1 N–H and O–H groups in total. The van der Waals surface area contributed by atoms with Gasteiger partial charge in [-0.3, -0.25) is 9.36 Å². The normalized spacial score (nSPS) is 14.2. The lowest BCUT2D eigenvalue weighted by Gasteiger charge is -2.27. The van der Waals surface area contributed by atoms with Gasteiger partial charge in [0.15, 0.2) is 10.3 Å². The molecule has 10 heteroatoms. The third-order valence-electron chi connectivity index (χ3n) is 4.12. The van der Waals surface area contributed by atoms with Crippen LogP contribution < -0.4 is 10.2 Å². The molecule has 3 aromatic rings. The number of nitrogens with one attached hydrogen (secondary N) is 1. The van der Waals surface area contributed by atoms with Crippen molar-refractivity contribution in [2.45, 2.75) is 12.1 Å². The highest BCUT2D eigenvalue weighted by Crippen LogP contribution is 2.27. The first-order valence-electron chi connectivity index (χ1n) is 8.89. The fourth-order valence-electron chi connectivity index (χ4n) is 2.82.